The number of esters is 1. The van der Waals surface area contributed by atoms with Crippen molar-refractivity contribution in [2.45, 2.75) is 84.0 Å². The van der Waals surface area contributed by atoms with E-state index in [1.165, 1.54) is 10.6 Å². The number of nitrogens with zero attached hydrogens (tertiary/aromatic N) is 2. The Kier molecular flexibility index (Phi) is 6.71. The molecule has 1 aromatic carbocycles. The summed E-state index contributed by atoms with van der Waals surface area (Å²) < 4.78 is 42.7. The summed E-state index contributed by atoms with van der Waals surface area (Å²) in [6, 6.07) is 2.51. The van der Waals surface area contributed by atoms with E-state index in [0.29, 0.717) is 5.56 Å². The minimum absolute atomic E-state index is 0.0370. The molecule has 2 N–H and O–H groups in total. The molecular weight excluding hydrogens is 572 g/mol. The van der Waals surface area contributed by atoms with Crippen LogP contribution < -0.4 is 10.9 Å². The van der Waals surface area contributed by atoms with Gasteiger partial charge in [-0.25, -0.2) is 18.6 Å². The molecule has 0 radical (unpaired) electrons. The predicted octanol–water partition coefficient (Wildman–Crippen LogP) is 4.22. The maximum Gasteiger partial charge on any atom is 0.343 e. The van der Waals surface area contributed by atoms with Gasteiger partial charge in [0.1, 0.15) is 23.6 Å². The van der Waals surface area contributed by atoms with Gasteiger partial charge in [-0.2, -0.15) is 0 Å². The largest absolute Gasteiger partial charge is 0.458 e. The summed E-state index contributed by atoms with van der Waals surface area (Å²) >= 11 is 5.96. The van der Waals surface area contributed by atoms with Crippen LogP contribution in [-0.4, -0.2) is 38.2 Å². The molecule has 4 heterocycles. The lowest BCUT2D eigenvalue weighted by Gasteiger charge is -2.31. The first kappa shape index (κ1) is 28.7. The van der Waals surface area contributed by atoms with Gasteiger partial charge >= 0.3 is 5.97 Å². The Morgan fingerprint density at radius 1 is 1.29 bits per heavy atom. The summed E-state index contributed by atoms with van der Waals surface area (Å²) in [7, 11) is 0. The second kappa shape index (κ2) is 9.82. The maximum absolute atomic E-state index is 15.6. The monoisotopic (exact) mass is 601 g/mol. The summed E-state index contributed by atoms with van der Waals surface area (Å²) in [5.74, 6) is -3.21. The minimum atomic E-state index is -2.03. The molecule has 0 bridgehead atoms. The van der Waals surface area contributed by atoms with E-state index < -0.39 is 45.5 Å². The van der Waals surface area contributed by atoms with Crippen molar-refractivity contribution >= 4 is 34.4 Å². The Morgan fingerprint density at radius 3 is 2.64 bits per heavy atom. The van der Waals surface area contributed by atoms with Crippen LogP contribution in [0.3, 0.4) is 0 Å². The lowest BCUT2D eigenvalue weighted by atomic mass is 9.86. The number of aromatic nitrogens is 2. The van der Waals surface area contributed by atoms with Gasteiger partial charge in [0, 0.05) is 29.1 Å². The maximum atomic E-state index is 15.6. The number of aliphatic hydroxyl groups is 1. The summed E-state index contributed by atoms with van der Waals surface area (Å²) in [4.78, 5) is 44.0. The zero-order valence-corrected chi connectivity index (χ0v) is 24.3. The van der Waals surface area contributed by atoms with Crippen LogP contribution in [0.15, 0.2) is 16.9 Å². The van der Waals surface area contributed by atoms with E-state index in [2.05, 4.69) is 10.3 Å². The number of cyclic esters (lactones) is 1. The molecule has 1 amide bonds. The molecule has 1 saturated carbocycles. The Bertz CT molecular complexity index is 1750. The first-order valence-corrected chi connectivity index (χ1v) is 14.2. The number of carbonyl (C=O) groups is 2. The lowest BCUT2D eigenvalue weighted by molar-refractivity contribution is -0.172. The molecule has 2 atom stereocenters. The highest BCUT2D eigenvalue weighted by Crippen LogP contribution is 2.42. The van der Waals surface area contributed by atoms with Crippen LogP contribution in [0.4, 0.5) is 8.78 Å². The number of rotatable bonds is 6. The third-order valence-corrected chi connectivity index (χ3v) is 8.50. The van der Waals surface area contributed by atoms with Gasteiger partial charge in [0.05, 0.1) is 34.6 Å². The standard InChI is InChI=1S/C30H30ClF2N3O6/c1-5-30(40)17-8-20-24-15(11-36(20)27(38)16(17)12-41-28(30)39)14(21-19(35-24)9-18(32)22(31)23(21)33)10-34-26(37)25(13-6-7-13)42-29(2,3)4/h8-9,13,25,40H,5-7,10-12H2,1-4H3,(H,34,37)/t25?,30-/m0/s1. The van der Waals surface area contributed by atoms with Crippen LogP contribution in [0.5, 0.6) is 0 Å². The topological polar surface area (TPSA) is 120 Å². The van der Waals surface area contributed by atoms with Crippen molar-refractivity contribution in [3.05, 3.63) is 61.4 Å². The highest BCUT2D eigenvalue weighted by atomic mass is 35.5. The lowest BCUT2D eigenvalue weighted by Crippen LogP contribution is -2.44. The van der Waals surface area contributed by atoms with Crippen LogP contribution in [-0.2, 0) is 44.4 Å². The number of benzene rings is 1. The molecule has 3 aromatic rings. The van der Waals surface area contributed by atoms with Crippen LogP contribution in [0.1, 0.15) is 69.2 Å². The number of hydrogen-bond donors (Lipinski definition) is 2. The molecule has 1 aliphatic carbocycles. The fourth-order valence-electron chi connectivity index (χ4n) is 5.85. The number of hydrogen-bond acceptors (Lipinski definition) is 7. The van der Waals surface area contributed by atoms with Gasteiger partial charge in [-0.1, -0.05) is 18.5 Å². The average molecular weight is 602 g/mol. The number of nitrogens with one attached hydrogen (secondary N) is 1. The van der Waals surface area contributed by atoms with Gasteiger partial charge in [-0.05, 0) is 57.6 Å². The first-order valence-electron chi connectivity index (χ1n) is 13.9. The smallest absolute Gasteiger partial charge is 0.343 e. The van der Waals surface area contributed by atoms with E-state index in [1.54, 1.807) is 6.92 Å². The number of amides is 1. The van der Waals surface area contributed by atoms with Gasteiger partial charge in [0.2, 0.25) is 5.91 Å². The second-order valence-corrected chi connectivity index (χ2v) is 12.5. The van der Waals surface area contributed by atoms with E-state index in [4.69, 9.17) is 21.1 Å². The Balaban J connectivity index is 1.50. The Hall–Kier alpha value is -3.41. The predicted molar refractivity (Wildman–Crippen MR) is 149 cm³/mol. The van der Waals surface area contributed by atoms with E-state index in [-0.39, 0.29) is 76.9 Å². The van der Waals surface area contributed by atoms with Crippen LogP contribution >= 0.6 is 11.6 Å². The summed E-state index contributed by atoms with van der Waals surface area (Å²) in [5, 5.41) is 13.2. The molecule has 1 fully saturated rings. The molecule has 42 heavy (non-hydrogen) atoms. The molecule has 9 nitrogen and oxygen atoms in total. The van der Waals surface area contributed by atoms with Crippen LogP contribution in [0.2, 0.25) is 5.02 Å². The van der Waals surface area contributed by atoms with E-state index >= 15 is 4.39 Å². The van der Waals surface area contributed by atoms with Gasteiger partial charge in [0.25, 0.3) is 5.56 Å². The molecular formula is C30H30ClF2N3O6. The molecule has 1 unspecified atom stereocenters. The average Bonchev–Trinajstić information content (AvgIpc) is 3.71. The highest BCUT2D eigenvalue weighted by molar-refractivity contribution is 6.31. The molecule has 0 spiro atoms. The summed E-state index contributed by atoms with van der Waals surface area (Å²) in [6.45, 7) is 6.65. The first-order chi connectivity index (χ1) is 19.7. The molecule has 2 aromatic heterocycles. The molecule has 3 aliphatic rings. The number of halogens is 3. The molecule has 2 aliphatic heterocycles. The van der Waals surface area contributed by atoms with Crippen LogP contribution in [0, 0.1) is 17.6 Å². The normalized spacial score (nSPS) is 20.1. The van der Waals surface area contributed by atoms with Crippen molar-refractivity contribution in [2.24, 2.45) is 5.92 Å². The molecule has 0 saturated heterocycles. The van der Waals surface area contributed by atoms with Crippen molar-refractivity contribution in [1.29, 1.82) is 0 Å². The molecule has 12 heteroatoms. The fraction of sp³-hybridized carbons (Fsp3) is 0.467. The number of carbonyl (C=O) groups excluding carboxylic acids is 2. The third kappa shape index (κ3) is 4.49. The quantitative estimate of drug-likeness (QED) is 0.251. The molecule has 222 valence electrons. The van der Waals surface area contributed by atoms with E-state index in [0.717, 1.165) is 18.9 Å². The summed E-state index contributed by atoms with van der Waals surface area (Å²) in [6.07, 6.45) is 0.965. The van der Waals surface area contributed by atoms with Crippen molar-refractivity contribution in [3.63, 3.8) is 0 Å². The SMILES string of the molecule is CC[C@@]1(O)C(=O)OCc2c1cc1n(c2=O)Cc2c-1nc1cc(F)c(Cl)c(F)c1c2CNC(=O)C(OC(C)(C)C)C1CC1. The van der Waals surface area contributed by atoms with Gasteiger partial charge < -0.3 is 24.5 Å². The van der Waals surface area contributed by atoms with Crippen molar-refractivity contribution in [2.75, 3.05) is 0 Å². The number of fused-ring (bicyclic) bond motifs is 5. The number of pyridine rings is 2. The fourth-order valence-corrected chi connectivity index (χ4v) is 6.00. The Morgan fingerprint density at radius 2 is 2.00 bits per heavy atom. The van der Waals surface area contributed by atoms with Gasteiger partial charge in [-0.15, -0.1) is 0 Å². The van der Waals surface area contributed by atoms with Crippen LogP contribution in [0.25, 0.3) is 22.3 Å². The van der Waals surface area contributed by atoms with Gasteiger partial charge in [-0.3, -0.25) is 9.59 Å². The van der Waals surface area contributed by atoms with Gasteiger partial charge in [0.15, 0.2) is 11.4 Å². The van der Waals surface area contributed by atoms with Crippen molar-refractivity contribution in [1.82, 2.24) is 14.9 Å². The number of ether oxygens (including phenoxy) is 2. The van der Waals surface area contributed by atoms with E-state index in [9.17, 15) is 23.9 Å². The molecule has 6 rings (SSSR count). The third-order valence-electron chi connectivity index (χ3n) is 8.16. The second-order valence-electron chi connectivity index (χ2n) is 12.1. The zero-order valence-electron chi connectivity index (χ0n) is 23.6. The summed E-state index contributed by atoms with van der Waals surface area (Å²) in [5.41, 5.74) is -1.70. The van der Waals surface area contributed by atoms with Crippen molar-refractivity contribution < 1.29 is 33.0 Å². The zero-order chi connectivity index (χ0) is 30.3. The highest BCUT2D eigenvalue weighted by Gasteiger charge is 2.46. The Labute approximate surface area is 244 Å². The minimum Gasteiger partial charge on any atom is -0.458 e. The van der Waals surface area contributed by atoms with E-state index in [1.807, 2.05) is 20.8 Å². The van der Waals surface area contributed by atoms with Crippen molar-refractivity contribution in [3.8, 4) is 11.4 Å².